The number of hydrogen-bond donors (Lipinski definition) is 1. The van der Waals surface area contributed by atoms with Gasteiger partial charge in [-0.05, 0) is 62.2 Å². The van der Waals surface area contributed by atoms with Crippen LogP contribution in [0.2, 0.25) is 0 Å². The molecule has 0 aliphatic heterocycles. The predicted octanol–water partition coefficient (Wildman–Crippen LogP) is 4.48. The van der Waals surface area contributed by atoms with Gasteiger partial charge in [-0.1, -0.05) is 24.3 Å². The molecule has 2 heterocycles. The fraction of sp³-hybridized carbons (Fsp3) is 0.208. The quantitative estimate of drug-likeness (QED) is 0.466. The molecule has 0 saturated carbocycles. The van der Waals surface area contributed by atoms with Crippen LogP contribution in [0.4, 0.5) is 10.1 Å². The first kappa shape index (κ1) is 21.3. The highest BCUT2D eigenvalue weighted by Gasteiger charge is 2.17. The summed E-state index contributed by atoms with van der Waals surface area (Å²) < 4.78 is 21.9. The van der Waals surface area contributed by atoms with Gasteiger partial charge in [-0.2, -0.15) is 10.2 Å². The molecular formula is C24H24FN5O2. The third-order valence-corrected chi connectivity index (χ3v) is 5.25. The number of ether oxygens (including phenoxy) is 1. The van der Waals surface area contributed by atoms with Crippen LogP contribution in [0.5, 0.6) is 5.75 Å². The maximum atomic E-state index is 13.0. The number of rotatable bonds is 7. The van der Waals surface area contributed by atoms with Gasteiger partial charge in [0.05, 0.1) is 23.6 Å². The molecule has 0 spiro atoms. The molecule has 2 aromatic heterocycles. The Labute approximate surface area is 185 Å². The second-order valence-electron chi connectivity index (χ2n) is 7.55. The van der Waals surface area contributed by atoms with Crippen molar-refractivity contribution in [2.75, 3.05) is 5.32 Å². The molecule has 0 saturated heterocycles. The zero-order valence-electron chi connectivity index (χ0n) is 18.2. The number of anilines is 1. The Morgan fingerprint density at radius 3 is 2.53 bits per heavy atom. The molecule has 4 aromatic rings. The molecule has 4 rings (SSSR count). The van der Waals surface area contributed by atoms with Crippen molar-refractivity contribution in [3.8, 4) is 5.75 Å². The number of hydrogen-bond acceptors (Lipinski definition) is 4. The zero-order valence-corrected chi connectivity index (χ0v) is 18.2. The van der Waals surface area contributed by atoms with Gasteiger partial charge in [-0.3, -0.25) is 9.48 Å². The third kappa shape index (κ3) is 4.69. The first-order valence-corrected chi connectivity index (χ1v) is 10.2. The zero-order chi connectivity index (χ0) is 22.7. The van der Waals surface area contributed by atoms with Crippen LogP contribution in [0, 0.1) is 26.6 Å². The van der Waals surface area contributed by atoms with E-state index in [0.29, 0.717) is 18.0 Å². The van der Waals surface area contributed by atoms with Gasteiger partial charge in [-0.25, -0.2) is 9.07 Å². The Hall–Kier alpha value is -3.94. The molecule has 0 fully saturated rings. The number of carbonyl (C=O) groups is 1. The summed E-state index contributed by atoms with van der Waals surface area (Å²) in [5, 5.41) is 11.8. The molecule has 0 aliphatic carbocycles. The third-order valence-electron chi connectivity index (χ3n) is 5.25. The number of aromatic nitrogens is 4. The standard InChI is InChI=1S/C24H24FN5O2/c1-16-6-4-5-7-19(16)14-30-18(3)23(17(2)27-30)26-24(31)22-12-13-29(28-22)15-32-21-10-8-20(25)9-11-21/h4-13H,14-15H2,1-3H3,(H,26,31). The van der Waals surface area contributed by atoms with Crippen LogP contribution in [-0.4, -0.2) is 25.5 Å². The second kappa shape index (κ2) is 9.05. The Kier molecular flexibility index (Phi) is 6.02. The molecule has 8 heteroatoms. The SMILES string of the molecule is Cc1ccccc1Cn1nc(C)c(NC(=O)c2ccn(COc3ccc(F)cc3)n2)c1C. The average molecular weight is 433 g/mol. The van der Waals surface area contributed by atoms with Crippen molar-refractivity contribution in [2.24, 2.45) is 0 Å². The highest BCUT2D eigenvalue weighted by molar-refractivity contribution is 6.03. The summed E-state index contributed by atoms with van der Waals surface area (Å²) in [6.45, 7) is 6.60. The average Bonchev–Trinajstić information content (AvgIpc) is 3.35. The van der Waals surface area contributed by atoms with Gasteiger partial charge in [0.1, 0.15) is 11.6 Å². The minimum atomic E-state index is -0.330. The first-order valence-electron chi connectivity index (χ1n) is 10.2. The molecule has 2 aromatic carbocycles. The van der Waals surface area contributed by atoms with Crippen LogP contribution < -0.4 is 10.1 Å². The van der Waals surface area contributed by atoms with E-state index in [4.69, 9.17) is 4.74 Å². The Balaban J connectivity index is 1.42. The van der Waals surface area contributed by atoms with E-state index in [1.54, 1.807) is 12.3 Å². The van der Waals surface area contributed by atoms with Crippen molar-refractivity contribution in [1.29, 1.82) is 0 Å². The van der Waals surface area contributed by atoms with E-state index in [9.17, 15) is 9.18 Å². The van der Waals surface area contributed by atoms with Crippen LogP contribution in [0.1, 0.15) is 33.0 Å². The highest BCUT2D eigenvalue weighted by atomic mass is 19.1. The van der Waals surface area contributed by atoms with Crippen molar-refractivity contribution in [2.45, 2.75) is 34.0 Å². The fourth-order valence-corrected chi connectivity index (χ4v) is 3.38. The Morgan fingerprint density at radius 1 is 1.03 bits per heavy atom. The van der Waals surface area contributed by atoms with Gasteiger partial charge < -0.3 is 10.1 Å². The lowest BCUT2D eigenvalue weighted by Gasteiger charge is -2.08. The molecular weight excluding hydrogens is 409 g/mol. The molecule has 32 heavy (non-hydrogen) atoms. The Morgan fingerprint density at radius 2 is 1.78 bits per heavy atom. The smallest absolute Gasteiger partial charge is 0.276 e. The number of benzene rings is 2. The van der Waals surface area contributed by atoms with Gasteiger partial charge >= 0.3 is 0 Å². The summed E-state index contributed by atoms with van der Waals surface area (Å²) in [6, 6.07) is 15.5. The highest BCUT2D eigenvalue weighted by Crippen LogP contribution is 2.22. The minimum absolute atomic E-state index is 0.103. The number of nitrogens with one attached hydrogen (secondary N) is 1. The topological polar surface area (TPSA) is 74.0 Å². The lowest BCUT2D eigenvalue weighted by atomic mass is 10.1. The second-order valence-corrected chi connectivity index (χ2v) is 7.55. The van der Waals surface area contributed by atoms with Crippen molar-refractivity contribution < 1.29 is 13.9 Å². The monoisotopic (exact) mass is 433 g/mol. The molecule has 0 bridgehead atoms. The molecule has 7 nitrogen and oxygen atoms in total. The lowest BCUT2D eigenvalue weighted by molar-refractivity contribution is 0.102. The van der Waals surface area contributed by atoms with E-state index in [-0.39, 0.29) is 24.1 Å². The van der Waals surface area contributed by atoms with Crippen molar-refractivity contribution in [1.82, 2.24) is 19.6 Å². The van der Waals surface area contributed by atoms with E-state index in [0.717, 1.165) is 11.4 Å². The van der Waals surface area contributed by atoms with E-state index in [2.05, 4.69) is 34.6 Å². The molecule has 0 unspecified atom stereocenters. The van der Waals surface area contributed by atoms with Gasteiger partial charge in [0, 0.05) is 6.20 Å². The molecule has 0 aliphatic rings. The minimum Gasteiger partial charge on any atom is -0.471 e. The number of halogens is 1. The predicted molar refractivity (Wildman–Crippen MR) is 119 cm³/mol. The lowest BCUT2D eigenvalue weighted by Crippen LogP contribution is -2.15. The van der Waals surface area contributed by atoms with Crippen molar-refractivity contribution >= 4 is 11.6 Å². The molecule has 0 radical (unpaired) electrons. The van der Waals surface area contributed by atoms with E-state index in [1.165, 1.54) is 40.1 Å². The van der Waals surface area contributed by atoms with Crippen molar-refractivity contribution in [3.05, 3.63) is 94.8 Å². The largest absolute Gasteiger partial charge is 0.471 e. The number of nitrogens with zero attached hydrogens (tertiary/aromatic N) is 4. The maximum Gasteiger partial charge on any atom is 0.276 e. The van der Waals surface area contributed by atoms with Gasteiger partial charge in [0.25, 0.3) is 5.91 Å². The molecule has 1 amide bonds. The van der Waals surface area contributed by atoms with E-state index >= 15 is 0 Å². The van der Waals surface area contributed by atoms with Crippen LogP contribution in [0.3, 0.4) is 0 Å². The van der Waals surface area contributed by atoms with E-state index in [1.807, 2.05) is 30.7 Å². The van der Waals surface area contributed by atoms with Crippen molar-refractivity contribution in [3.63, 3.8) is 0 Å². The summed E-state index contributed by atoms with van der Waals surface area (Å²) in [7, 11) is 0. The summed E-state index contributed by atoms with van der Waals surface area (Å²) in [5.74, 6) is -0.143. The number of carbonyl (C=O) groups excluding carboxylic acids is 1. The van der Waals surface area contributed by atoms with Crippen LogP contribution in [-0.2, 0) is 13.3 Å². The van der Waals surface area contributed by atoms with Crippen LogP contribution in [0.25, 0.3) is 0 Å². The van der Waals surface area contributed by atoms with E-state index < -0.39 is 0 Å². The Bertz CT molecular complexity index is 1240. The first-order chi connectivity index (χ1) is 15.4. The summed E-state index contributed by atoms with van der Waals surface area (Å²) in [4.78, 5) is 12.8. The van der Waals surface area contributed by atoms with Crippen LogP contribution >= 0.6 is 0 Å². The van der Waals surface area contributed by atoms with Gasteiger partial charge in [0.15, 0.2) is 12.4 Å². The number of aryl methyl sites for hydroxylation is 2. The van der Waals surface area contributed by atoms with Gasteiger partial charge in [-0.15, -0.1) is 0 Å². The fourth-order valence-electron chi connectivity index (χ4n) is 3.38. The normalized spacial score (nSPS) is 10.9. The molecule has 0 atom stereocenters. The summed E-state index contributed by atoms with van der Waals surface area (Å²) in [6.07, 6.45) is 1.65. The number of amides is 1. The molecule has 1 N–H and O–H groups in total. The maximum absolute atomic E-state index is 13.0. The summed E-state index contributed by atoms with van der Waals surface area (Å²) in [5.41, 5.74) is 4.93. The van der Waals surface area contributed by atoms with Gasteiger partial charge in [0.2, 0.25) is 0 Å². The van der Waals surface area contributed by atoms with Crippen LogP contribution in [0.15, 0.2) is 60.8 Å². The summed E-state index contributed by atoms with van der Waals surface area (Å²) >= 11 is 0. The molecule has 164 valence electrons.